The van der Waals surface area contributed by atoms with E-state index in [1.54, 1.807) is 36.8 Å². The molecule has 0 bridgehead atoms. The number of amides is 1. The number of aldehydes is 1. The lowest BCUT2D eigenvalue weighted by Crippen LogP contribution is -2.23. The standard InChI is InChI=1S/C28H34N6O3/c1-27(2,3)24-23(25-29-11-6-12-33(25)32-24)26(36)30-22-13-18-15-34(19-9-7-17(16-35)8-10-19)31-21(18)14-20(22)28(4,5)37/h6,11-17,19,37H,7-10H2,1-5H3,(H,30,36). The molecule has 0 saturated heterocycles. The molecule has 1 aliphatic rings. The molecular formula is C28H34N6O3. The minimum Gasteiger partial charge on any atom is -0.386 e. The van der Waals surface area contributed by atoms with Crippen molar-refractivity contribution in [2.24, 2.45) is 5.92 Å². The summed E-state index contributed by atoms with van der Waals surface area (Å²) in [6.45, 7) is 9.42. The van der Waals surface area contributed by atoms with Gasteiger partial charge in [0.2, 0.25) is 0 Å². The summed E-state index contributed by atoms with van der Waals surface area (Å²) in [7, 11) is 0. The topological polar surface area (TPSA) is 114 Å². The van der Waals surface area contributed by atoms with E-state index in [1.165, 1.54) is 0 Å². The number of carbonyl (C=O) groups excluding carboxylic acids is 2. The highest BCUT2D eigenvalue weighted by molar-refractivity contribution is 6.10. The van der Waals surface area contributed by atoms with Crippen molar-refractivity contribution in [3.05, 3.63) is 53.6 Å². The highest BCUT2D eigenvalue weighted by Crippen LogP contribution is 2.36. The molecule has 0 aliphatic heterocycles. The summed E-state index contributed by atoms with van der Waals surface area (Å²) < 4.78 is 3.59. The van der Waals surface area contributed by atoms with Crippen molar-refractivity contribution in [3.63, 3.8) is 0 Å². The average molecular weight is 503 g/mol. The second kappa shape index (κ2) is 9.06. The maximum Gasteiger partial charge on any atom is 0.261 e. The molecule has 1 saturated carbocycles. The normalized spacial score (nSPS) is 18.9. The number of anilines is 1. The van der Waals surface area contributed by atoms with Gasteiger partial charge in [0.15, 0.2) is 5.65 Å². The van der Waals surface area contributed by atoms with Crippen LogP contribution in [0.5, 0.6) is 0 Å². The molecule has 1 amide bonds. The first-order valence-corrected chi connectivity index (χ1v) is 12.8. The van der Waals surface area contributed by atoms with E-state index in [4.69, 9.17) is 5.10 Å². The number of benzene rings is 1. The lowest BCUT2D eigenvalue weighted by atomic mass is 9.87. The van der Waals surface area contributed by atoms with Gasteiger partial charge in [0, 0.05) is 46.6 Å². The third kappa shape index (κ3) is 4.75. The third-order valence-electron chi connectivity index (χ3n) is 7.21. The molecule has 0 unspecified atom stereocenters. The van der Waals surface area contributed by atoms with E-state index in [0.717, 1.165) is 42.9 Å². The molecule has 0 radical (unpaired) electrons. The average Bonchev–Trinajstić information content (AvgIpc) is 3.44. The fraction of sp³-hybridized carbons (Fsp3) is 0.464. The van der Waals surface area contributed by atoms with Gasteiger partial charge in [-0.25, -0.2) is 9.50 Å². The number of fused-ring (bicyclic) bond motifs is 2. The van der Waals surface area contributed by atoms with Crippen molar-refractivity contribution in [1.29, 1.82) is 0 Å². The fourth-order valence-corrected chi connectivity index (χ4v) is 5.20. The van der Waals surface area contributed by atoms with Crippen LogP contribution in [0.4, 0.5) is 5.69 Å². The second-order valence-corrected chi connectivity index (χ2v) is 11.6. The van der Waals surface area contributed by atoms with Crippen molar-refractivity contribution in [2.75, 3.05) is 5.32 Å². The Morgan fingerprint density at radius 2 is 1.84 bits per heavy atom. The first-order valence-electron chi connectivity index (χ1n) is 12.8. The molecule has 3 heterocycles. The Hall–Kier alpha value is -3.59. The van der Waals surface area contributed by atoms with Gasteiger partial charge in [-0.1, -0.05) is 20.8 Å². The van der Waals surface area contributed by atoms with Crippen LogP contribution in [0.2, 0.25) is 0 Å². The van der Waals surface area contributed by atoms with Gasteiger partial charge in [-0.15, -0.1) is 0 Å². The van der Waals surface area contributed by atoms with Gasteiger partial charge in [0.25, 0.3) is 5.91 Å². The molecular weight excluding hydrogens is 468 g/mol. The van der Waals surface area contributed by atoms with Gasteiger partial charge in [-0.2, -0.15) is 10.2 Å². The van der Waals surface area contributed by atoms with E-state index in [-0.39, 0.29) is 23.3 Å². The quantitative estimate of drug-likeness (QED) is 0.380. The highest BCUT2D eigenvalue weighted by Gasteiger charge is 2.31. The molecule has 1 fully saturated rings. The summed E-state index contributed by atoms with van der Waals surface area (Å²) in [5.41, 5.74) is 1.79. The molecule has 37 heavy (non-hydrogen) atoms. The molecule has 5 rings (SSSR count). The van der Waals surface area contributed by atoms with Gasteiger partial charge < -0.3 is 15.2 Å². The van der Waals surface area contributed by atoms with Crippen molar-refractivity contribution in [1.82, 2.24) is 24.4 Å². The first-order chi connectivity index (χ1) is 17.5. The van der Waals surface area contributed by atoms with Crippen LogP contribution in [-0.4, -0.2) is 41.7 Å². The van der Waals surface area contributed by atoms with E-state index >= 15 is 0 Å². The van der Waals surface area contributed by atoms with Gasteiger partial charge in [0.1, 0.15) is 11.8 Å². The zero-order valence-corrected chi connectivity index (χ0v) is 22.0. The van der Waals surface area contributed by atoms with Crippen LogP contribution in [-0.2, 0) is 15.8 Å². The summed E-state index contributed by atoms with van der Waals surface area (Å²) in [5.74, 6) is -0.194. The van der Waals surface area contributed by atoms with E-state index in [9.17, 15) is 14.7 Å². The number of nitrogens with zero attached hydrogens (tertiary/aromatic N) is 5. The van der Waals surface area contributed by atoms with E-state index < -0.39 is 5.60 Å². The molecule has 9 nitrogen and oxygen atoms in total. The Morgan fingerprint density at radius 1 is 1.11 bits per heavy atom. The number of rotatable bonds is 5. The maximum atomic E-state index is 13.7. The van der Waals surface area contributed by atoms with Crippen molar-refractivity contribution >= 4 is 34.4 Å². The van der Waals surface area contributed by atoms with Crippen LogP contribution in [0.3, 0.4) is 0 Å². The molecule has 4 aromatic rings. The number of hydrogen-bond acceptors (Lipinski definition) is 6. The Morgan fingerprint density at radius 3 is 2.49 bits per heavy atom. The zero-order valence-electron chi connectivity index (χ0n) is 22.0. The van der Waals surface area contributed by atoms with Gasteiger partial charge in [-0.3, -0.25) is 9.48 Å². The van der Waals surface area contributed by atoms with Crippen molar-refractivity contribution in [3.8, 4) is 0 Å². The minimum absolute atomic E-state index is 0.136. The first kappa shape index (κ1) is 25.1. The zero-order chi connectivity index (χ0) is 26.5. The lowest BCUT2D eigenvalue weighted by molar-refractivity contribution is -0.112. The minimum atomic E-state index is -1.21. The number of aromatic nitrogens is 5. The van der Waals surface area contributed by atoms with Crippen LogP contribution in [0, 0.1) is 5.92 Å². The highest BCUT2D eigenvalue weighted by atomic mass is 16.3. The van der Waals surface area contributed by atoms with Crippen LogP contribution >= 0.6 is 0 Å². The van der Waals surface area contributed by atoms with E-state index in [1.807, 2.05) is 43.8 Å². The maximum absolute atomic E-state index is 13.7. The fourth-order valence-electron chi connectivity index (χ4n) is 5.20. The lowest BCUT2D eigenvalue weighted by Gasteiger charge is -2.25. The molecule has 9 heteroatoms. The monoisotopic (exact) mass is 502 g/mol. The smallest absolute Gasteiger partial charge is 0.261 e. The van der Waals surface area contributed by atoms with Gasteiger partial charge in [-0.05, 0) is 57.7 Å². The summed E-state index contributed by atoms with van der Waals surface area (Å²) in [4.78, 5) is 29.3. The summed E-state index contributed by atoms with van der Waals surface area (Å²) in [6.07, 6.45) is 10.0. The Bertz CT molecular complexity index is 1480. The van der Waals surface area contributed by atoms with Gasteiger partial charge in [0.05, 0.1) is 22.9 Å². The third-order valence-corrected chi connectivity index (χ3v) is 7.21. The molecule has 3 aromatic heterocycles. The van der Waals surface area contributed by atoms with Crippen molar-refractivity contribution < 1.29 is 14.7 Å². The Balaban J connectivity index is 1.54. The molecule has 1 aliphatic carbocycles. The summed E-state index contributed by atoms with van der Waals surface area (Å²) >= 11 is 0. The number of carbonyl (C=O) groups is 2. The Labute approximate surface area is 215 Å². The number of aliphatic hydroxyl groups is 1. The second-order valence-electron chi connectivity index (χ2n) is 11.6. The van der Waals surface area contributed by atoms with Crippen LogP contribution in [0.1, 0.15) is 88.0 Å². The number of nitrogens with one attached hydrogen (secondary N) is 1. The molecule has 2 N–H and O–H groups in total. The van der Waals surface area contributed by atoms with Crippen LogP contribution in [0.25, 0.3) is 16.6 Å². The molecule has 0 atom stereocenters. The number of hydrogen-bond donors (Lipinski definition) is 2. The van der Waals surface area contributed by atoms with Gasteiger partial charge >= 0.3 is 0 Å². The largest absolute Gasteiger partial charge is 0.386 e. The predicted molar refractivity (Wildman–Crippen MR) is 142 cm³/mol. The molecule has 1 aromatic carbocycles. The summed E-state index contributed by atoms with van der Waals surface area (Å²) in [5, 5.41) is 24.4. The van der Waals surface area contributed by atoms with Crippen LogP contribution < -0.4 is 5.32 Å². The van der Waals surface area contributed by atoms with E-state index in [2.05, 4.69) is 15.4 Å². The van der Waals surface area contributed by atoms with Crippen LogP contribution in [0.15, 0.2) is 36.8 Å². The van der Waals surface area contributed by atoms with Crippen molar-refractivity contribution in [2.45, 2.75) is 77.4 Å². The molecule has 0 spiro atoms. The predicted octanol–water partition coefficient (Wildman–Crippen LogP) is 4.79. The van der Waals surface area contributed by atoms with E-state index in [0.29, 0.717) is 28.2 Å². The Kier molecular flexibility index (Phi) is 6.14. The summed E-state index contributed by atoms with van der Waals surface area (Å²) in [6, 6.07) is 5.72. The molecule has 194 valence electrons. The SMILES string of the molecule is CC(C)(C)c1nn2cccnc2c1C(=O)Nc1cc2cn(C3CCC(C=O)CC3)nc2cc1C(C)(C)O.